The molecular weight excluding hydrogens is 252 g/mol. The van der Waals surface area contributed by atoms with Crippen molar-refractivity contribution in [2.75, 3.05) is 30.4 Å². The fourth-order valence-corrected chi connectivity index (χ4v) is 2.78. The molecule has 0 bridgehead atoms. The molecule has 5 heteroatoms. The highest BCUT2D eigenvalue weighted by atomic mass is 16.3. The third-order valence-electron chi connectivity index (χ3n) is 3.92. The van der Waals surface area contributed by atoms with Gasteiger partial charge in [0.15, 0.2) is 0 Å². The maximum Gasteiger partial charge on any atom is 0.137 e. The molecule has 1 aromatic rings. The van der Waals surface area contributed by atoms with Crippen LogP contribution in [0.25, 0.3) is 0 Å². The van der Waals surface area contributed by atoms with Crippen LogP contribution >= 0.6 is 0 Å². The molecule has 1 fully saturated rings. The van der Waals surface area contributed by atoms with E-state index >= 15 is 0 Å². The second kappa shape index (κ2) is 6.88. The lowest BCUT2D eigenvalue weighted by molar-refractivity contribution is 0.0464. The number of nitrogens with zero attached hydrogens (tertiary/aromatic N) is 3. The average Bonchev–Trinajstić information content (AvgIpc) is 2.42. The minimum atomic E-state index is -0.0915. The van der Waals surface area contributed by atoms with E-state index in [0.717, 1.165) is 50.4 Å². The summed E-state index contributed by atoms with van der Waals surface area (Å²) >= 11 is 0. The number of aliphatic hydroxyl groups is 1. The molecule has 0 amide bonds. The minimum absolute atomic E-state index is 0.0915. The number of aromatic nitrogens is 2. The van der Waals surface area contributed by atoms with Crippen LogP contribution in [-0.4, -0.2) is 41.3 Å². The highest BCUT2D eigenvalue weighted by molar-refractivity contribution is 5.58. The maximum atomic E-state index is 9.39. The van der Waals surface area contributed by atoms with Crippen LogP contribution in [0.1, 0.15) is 38.7 Å². The molecule has 0 atom stereocenters. The fourth-order valence-electron chi connectivity index (χ4n) is 2.78. The molecule has 0 unspecified atom stereocenters. The Labute approximate surface area is 121 Å². The lowest BCUT2D eigenvalue weighted by atomic mass is 9.82. The van der Waals surface area contributed by atoms with E-state index in [-0.39, 0.29) is 6.10 Å². The Morgan fingerprint density at radius 3 is 2.70 bits per heavy atom. The largest absolute Gasteiger partial charge is 0.393 e. The van der Waals surface area contributed by atoms with Crippen molar-refractivity contribution in [1.29, 1.82) is 0 Å². The van der Waals surface area contributed by atoms with Gasteiger partial charge in [-0.25, -0.2) is 9.97 Å². The van der Waals surface area contributed by atoms with Crippen molar-refractivity contribution in [1.82, 2.24) is 9.97 Å². The predicted molar refractivity (Wildman–Crippen MR) is 82.2 cm³/mol. The summed E-state index contributed by atoms with van der Waals surface area (Å²) in [7, 11) is 2.08. The first-order valence-corrected chi connectivity index (χ1v) is 7.62. The van der Waals surface area contributed by atoms with Gasteiger partial charge in [-0.3, -0.25) is 0 Å². The van der Waals surface area contributed by atoms with Crippen molar-refractivity contribution in [3.05, 3.63) is 11.9 Å². The third kappa shape index (κ3) is 3.39. The van der Waals surface area contributed by atoms with Crippen LogP contribution in [0.5, 0.6) is 0 Å². The van der Waals surface area contributed by atoms with Gasteiger partial charge in [-0.2, -0.15) is 0 Å². The van der Waals surface area contributed by atoms with Crippen LogP contribution in [0.2, 0.25) is 0 Å². The van der Waals surface area contributed by atoms with Crippen molar-refractivity contribution >= 4 is 11.6 Å². The minimum Gasteiger partial charge on any atom is -0.393 e. The van der Waals surface area contributed by atoms with Crippen LogP contribution < -0.4 is 10.2 Å². The van der Waals surface area contributed by atoms with Gasteiger partial charge in [-0.1, -0.05) is 13.8 Å². The first kappa shape index (κ1) is 15.0. The van der Waals surface area contributed by atoms with Crippen molar-refractivity contribution < 1.29 is 5.11 Å². The molecule has 0 saturated heterocycles. The normalized spacial score (nSPS) is 21.4. The molecule has 0 radical (unpaired) electrons. The van der Waals surface area contributed by atoms with Gasteiger partial charge in [0.05, 0.1) is 6.10 Å². The van der Waals surface area contributed by atoms with E-state index in [2.05, 4.69) is 41.1 Å². The SMILES string of the molecule is CCCNc1ncnc(N(C)CC2CC(O)C2)c1CC. The molecule has 1 aliphatic rings. The van der Waals surface area contributed by atoms with Gasteiger partial charge in [0.1, 0.15) is 18.0 Å². The van der Waals surface area contributed by atoms with Crippen molar-refractivity contribution in [3.63, 3.8) is 0 Å². The Hall–Kier alpha value is -1.36. The molecule has 112 valence electrons. The Morgan fingerprint density at radius 1 is 1.35 bits per heavy atom. The van der Waals surface area contributed by atoms with Gasteiger partial charge in [0, 0.05) is 25.7 Å². The van der Waals surface area contributed by atoms with Gasteiger partial charge in [-0.05, 0) is 31.6 Å². The lowest BCUT2D eigenvalue weighted by Gasteiger charge is -2.35. The first-order chi connectivity index (χ1) is 9.65. The van der Waals surface area contributed by atoms with Gasteiger partial charge in [0.25, 0.3) is 0 Å². The molecule has 1 aromatic heterocycles. The number of rotatable bonds is 7. The van der Waals surface area contributed by atoms with E-state index in [1.54, 1.807) is 6.33 Å². The second-order valence-electron chi connectivity index (χ2n) is 5.68. The Bertz CT molecular complexity index is 432. The van der Waals surface area contributed by atoms with Crippen molar-refractivity contribution in [2.45, 2.75) is 45.6 Å². The Balaban J connectivity index is 2.08. The fraction of sp³-hybridized carbons (Fsp3) is 0.733. The molecule has 2 N–H and O–H groups in total. The molecule has 0 aromatic carbocycles. The van der Waals surface area contributed by atoms with E-state index in [1.165, 1.54) is 5.56 Å². The molecule has 0 aliphatic heterocycles. The summed E-state index contributed by atoms with van der Waals surface area (Å²) in [6, 6.07) is 0. The number of hydrogen-bond donors (Lipinski definition) is 2. The molecular formula is C15H26N4O. The van der Waals surface area contributed by atoms with Crippen molar-refractivity contribution in [2.24, 2.45) is 5.92 Å². The number of nitrogens with one attached hydrogen (secondary N) is 1. The Morgan fingerprint density at radius 2 is 2.10 bits per heavy atom. The number of hydrogen-bond acceptors (Lipinski definition) is 5. The topological polar surface area (TPSA) is 61.3 Å². The standard InChI is InChI=1S/C15H26N4O/c1-4-6-16-14-13(5-2)15(18-10-17-14)19(3)9-11-7-12(20)8-11/h10-12,20H,4-9H2,1-3H3,(H,16,17,18). The molecule has 1 aliphatic carbocycles. The summed E-state index contributed by atoms with van der Waals surface area (Å²) in [6.45, 7) is 6.17. The molecule has 1 saturated carbocycles. The molecule has 1 heterocycles. The van der Waals surface area contributed by atoms with E-state index in [1.807, 2.05) is 0 Å². The van der Waals surface area contributed by atoms with Crippen LogP contribution in [0.3, 0.4) is 0 Å². The number of anilines is 2. The van der Waals surface area contributed by atoms with Crippen molar-refractivity contribution in [3.8, 4) is 0 Å². The zero-order chi connectivity index (χ0) is 14.5. The van der Waals surface area contributed by atoms with Crippen LogP contribution in [-0.2, 0) is 6.42 Å². The summed E-state index contributed by atoms with van der Waals surface area (Å²) in [5.74, 6) is 2.56. The van der Waals surface area contributed by atoms with Gasteiger partial charge < -0.3 is 15.3 Å². The molecule has 2 rings (SSSR count). The van der Waals surface area contributed by atoms with Crippen LogP contribution in [0.4, 0.5) is 11.6 Å². The van der Waals surface area contributed by atoms with E-state index in [4.69, 9.17) is 0 Å². The molecule has 5 nitrogen and oxygen atoms in total. The van der Waals surface area contributed by atoms with Crippen LogP contribution in [0, 0.1) is 5.92 Å². The highest BCUT2D eigenvalue weighted by Crippen LogP contribution is 2.30. The summed E-state index contributed by atoms with van der Waals surface area (Å²) in [5.41, 5.74) is 1.18. The first-order valence-electron chi connectivity index (χ1n) is 7.62. The smallest absolute Gasteiger partial charge is 0.137 e. The predicted octanol–water partition coefficient (Wildman–Crippen LogP) is 2.07. The Kier molecular flexibility index (Phi) is 5.17. The lowest BCUT2D eigenvalue weighted by Crippen LogP contribution is -2.37. The second-order valence-corrected chi connectivity index (χ2v) is 5.68. The van der Waals surface area contributed by atoms with Crippen LogP contribution in [0.15, 0.2) is 6.33 Å². The molecule has 20 heavy (non-hydrogen) atoms. The summed E-state index contributed by atoms with van der Waals surface area (Å²) < 4.78 is 0. The highest BCUT2D eigenvalue weighted by Gasteiger charge is 2.28. The summed E-state index contributed by atoms with van der Waals surface area (Å²) in [5, 5.41) is 12.8. The third-order valence-corrected chi connectivity index (χ3v) is 3.92. The summed E-state index contributed by atoms with van der Waals surface area (Å²) in [4.78, 5) is 11.0. The maximum absolute atomic E-state index is 9.39. The molecule has 0 spiro atoms. The quantitative estimate of drug-likeness (QED) is 0.799. The monoisotopic (exact) mass is 278 g/mol. The van der Waals surface area contributed by atoms with Gasteiger partial charge >= 0.3 is 0 Å². The zero-order valence-corrected chi connectivity index (χ0v) is 12.8. The van der Waals surface area contributed by atoms with Gasteiger partial charge in [0.2, 0.25) is 0 Å². The van der Waals surface area contributed by atoms with E-state index in [0.29, 0.717) is 5.92 Å². The van der Waals surface area contributed by atoms with Gasteiger partial charge in [-0.15, -0.1) is 0 Å². The average molecular weight is 278 g/mol. The van der Waals surface area contributed by atoms with E-state index < -0.39 is 0 Å². The number of aliphatic hydroxyl groups excluding tert-OH is 1. The van der Waals surface area contributed by atoms with E-state index in [9.17, 15) is 5.11 Å². The zero-order valence-electron chi connectivity index (χ0n) is 12.8. The summed E-state index contributed by atoms with van der Waals surface area (Å²) in [6.07, 6.45) is 5.37.